The third-order valence-electron chi connectivity index (χ3n) is 4.17. The molecule has 0 amide bonds. The Morgan fingerprint density at radius 2 is 2.00 bits per heavy atom. The second-order valence-corrected chi connectivity index (χ2v) is 8.38. The van der Waals surface area contributed by atoms with E-state index < -0.39 is 10.0 Å². The number of H-pyrrole nitrogens is 1. The molecule has 1 aliphatic carbocycles. The summed E-state index contributed by atoms with van der Waals surface area (Å²) in [6.07, 6.45) is 5.08. The van der Waals surface area contributed by atoms with Gasteiger partial charge in [-0.15, -0.1) is 0 Å². The first kappa shape index (κ1) is 15.8. The van der Waals surface area contributed by atoms with Gasteiger partial charge in [-0.25, -0.2) is 8.42 Å². The summed E-state index contributed by atoms with van der Waals surface area (Å²) < 4.78 is 30.0. The van der Waals surface area contributed by atoms with Crippen LogP contribution in [0.15, 0.2) is 29.4 Å². The molecule has 2 N–H and O–H groups in total. The molecule has 2 heterocycles. The Balaban J connectivity index is 1.77. The molecule has 0 saturated heterocycles. The van der Waals surface area contributed by atoms with Crippen molar-refractivity contribution in [2.24, 2.45) is 7.05 Å². The zero-order valence-corrected chi connectivity index (χ0v) is 15.0. The zero-order valence-electron chi connectivity index (χ0n) is 12.7. The molecule has 1 aliphatic rings. The molecule has 0 radical (unpaired) electrons. The van der Waals surface area contributed by atoms with Crippen molar-refractivity contribution in [1.82, 2.24) is 14.8 Å². The number of benzene rings is 1. The highest BCUT2D eigenvalue weighted by Crippen LogP contribution is 2.43. The Labute approximate surface area is 148 Å². The Morgan fingerprint density at radius 1 is 1.29 bits per heavy atom. The van der Waals surface area contributed by atoms with Crippen molar-refractivity contribution < 1.29 is 8.42 Å². The maximum atomic E-state index is 12.8. The Hall–Kier alpha value is -1.70. The number of hydrogen-bond donors (Lipinski definition) is 2. The van der Waals surface area contributed by atoms with Gasteiger partial charge in [0.25, 0.3) is 10.0 Å². The van der Waals surface area contributed by atoms with Gasteiger partial charge in [0.05, 0.1) is 27.6 Å². The number of fused-ring (bicyclic) bond motifs is 1. The van der Waals surface area contributed by atoms with Crippen molar-refractivity contribution in [1.29, 1.82) is 0 Å². The molecule has 1 saturated carbocycles. The van der Waals surface area contributed by atoms with Gasteiger partial charge in [-0.3, -0.25) is 9.40 Å². The monoisotopic (exact) mass is 384 g/mol. The van der Waals surface area contributed by atoms with E-state index in [1.165, 1.54) is 6.20 Å². The molecule has 0 bridgehead atoms. The van der Waals surface area contributed by atoms with Crippen molar-refractivity contribution in [3.63, 3.8) is 0 Å². The fourth-order valence-corrected chi connectivity index (χ4v) is 4.44. The number of nitrogens with one attached hydrogen (secondary N) is 2. The van der Waals surface area contributed by atoms with Crippen LogP contribution in [0.5, 0.6) is 0 Å². The molecule has 126 valence electrons. The molecule has 24 heavy (non-hydrogen) atoms. The lowest BCUT2D eigenvalue weighted by Gasteiger charge is -2.08. The van der Waals surface area contributed by atoms with E-state index in [2.05, 4.69) is 14.8 Å². The van der Waals surface area contributed by atoms with E-state index in [1.807, 2.05) is 7.05 Å². The molecule has 0 unspecified atom stereocenters. The standard InChI is InChI=1S/C15H14Cl2N4O2S/c1-21-15(8-2-3-8)13(6-19-21)20-24(22,23)14-7-18-12-5-11(17)10(16)4-9(12)14/h4-8,18,20H,2-3H2,1H3. The predicted molar refractivity (Wildman–Crippen MR) is 94.3 cm³/mol. The number of halogens is 2. The van der Waals surface area contributed by atoms with E-state index in [9.17, 15) is 8.42 Å². The molecule has 9 heteroatoms. The Kier molecular flexibility index (Phi) is 3.56. The lowest BCUT2D eigenvalue weighted by atomic mass is 10.2. The van der Waals surface area contributed by atoms with E-state index >= 15 is 0 Å². The smallest absolute Gasteiger partial charge is 0.264 e. The lowest BCUT2D eigenvalue weighted by molar-refractivity contribution is 0.602. The van der Waals surface area contributed by atoms with Gasteiger partial charge in [0, 0.05) is 30.1 Å². The Bertz CT molecular complexity index is 1050. The van der Waals surface area contributed by atoms with Crippen LogP contribution in [0, 0.1) is 0 Å². The van der Waals surface area contributed by atoms with Crippen LogP contribution >= 0.6 is 23.2 Å². The summed E-state index contributed by atoms with van der Waals surface area (Å²) in [5, 5.41) is 5.34. The number of rotatable bonds is 4. The van der Waals surface area contributed by atoms with Gasteiger partial charge < -0.3 is 4.98 Å². The van der Waals surface area contributed by atoms with Gasteiger partial charge >= 0.3 is 0 Å². The summed E-state index contributed by atoms with van der Waals surface area (Å²) in [4.78, 5) is 3.05. The van der Waals surface area contributed by atoms with E-state index in [0.717, 1.165) is 18.5 Å². The van der Waals surface area contributed by atoms with Crippen LogP contribution in [-0.2, 0) is 17.1 Å². The summed E-state index contributed by atoms with van der Waals surface area (Å²) in [5.41, 5.74) is 2.05. The van der Waals surface area contributed by atoms with Crippen molar-refractivity contribution >= 4 is 49.8 Å². The van der Waals surface area contributed by atoms with Gasteiger partial charge in [-0.1, -0.05) is 23.2 Å². The fourth-order valence-electron chi connectivity index (χ4n) is 2.88. The van der Waals surface area contributed by atoms with E-state index in [0.29, 0.717) is 32.6 Å². The quantitative estimate of drug-likeness (QED) is 0.715. The Morgan fingerprint density at radius 3 is 2.71 bits per heavy atom. The number of aryl methyl sites for hydroxylation is 1. The van der Waals surface area contributed by atoms with Gasteiger partial charge in [0.2, 0.25) is 0 Å². The van der Waals surface area contributed by atoms with Crippen LogP contribution in [-0.4, -0.2) is 23.2 Å². The molecular formula is C15H14Cl2N4O2S. The van der Waals surface area contributed by atoms with Crippen LogP contribution in [0.1, 0.15) is 24.5 Å². The molecule has 4 rings (SSSR count). The van der Waals surface area contributed by atoms with Crippen molar-refractivity contribution in [3.8, 4) is 0 Å². The molecule has 1 fully saturated rings. The number of aromatic nitrogens is 3. The molecule has 0 spiro atoms. The van der Waals surface area contributed by atoms with Gasteiger partial charge in [0.15, 0.2) is 0 Å². The summed E-state index contributed by atoms with van der Waals surface area (Å²) in [6.45, 7) is 0. The molecule has 6 nitrogen and oxygen atoms in total. The topological polar surface area (TPSA) is 79.8 Å². The molecule has 1 aromatic carbocycles. The average Bonchev–Trinajstić information content (AvgIpc) is 3.16. The highest BCUT2D eigenvalue weighted by atomic mass is 35.5. The normalized spacial score (nSPS) is 15.1. The maximum Gasteiger partial charge on any atom is 0.264 e. The molecule has 3 aromatic rings. The number of sulfonamides is 1. The summed E-state index contributed by atoms with van der Waals surface area (Å²) in [7, 11) is -1.96. The van der Waals surface area contributed by atoms with Crippen LogP contribution in [0.25, 0.3) is 10.9 Å². The van der Waals surface area contributed by atoms with Crippen molar-refractivity contribution in [2.75, 3.05) is 4.72 Å². The zero-order chi connectivity index (χ0) is 17.1. The van der Waals surface area contributed by atoms with Crippen LogP contribution < -0.4 is 4.72 Å². The average molecular weight is 385 g/mol. The number of hydrogen-bond acceptors (Lipinski definition) is 3. The number of anilines is 1. The van der Waals surface area contributed by atoms with Gasteiger partial charge in [-0.2, -0.15) is 5.10 Å². The summed E-state index contributed by atoms with van der Waals surface area (Å²) >= 11 is 12.0. The predicted octanol–water partition coefficient (Wildman–Crippen LogP) is 3.89. The molecular weight excluding hydrogens is 371 g/mol. The van der Waals surface area contributed by atoms with Crippen LogP contribution in [0.2, 0.25) is 10.0 Å². The number of nitrogens with zero attached hydrogens (tertiary/aromatic N) is 2. The molecule has 0 atom stereocenters. The van der Waals surface area contributed by atoms with Gasteiger partial charge in [0.1, 0.15) is 4.90 Å². The largest absolute Gasteiger partial charge is 0.360 e. The number of aromatic amines is 1. The first-order chi connectivity index (χ1) is 11.4. The minimum absolute atomic E-state index is 0.127. The van der Waals surface area contributed by atoms with Crippen LogP contribution in [0.3, 0.4) is 0 Å². The fraction of sp³-hybridized carbons (Fsp3) is 0.267. The van der Waals surface area contributed by atoms with E-state index in [1.54, 1.807) is 23.0 Å². The minimum Gasteiger partial charge on any atom is -0.360 e. The SMILES string of the molecule is Cn1ncc(NS(=O)(=O)c2c[nH]c3cc(Cl)c(Cl)cc23)c1C1CC1. The lowest BCUT2D eigenvalue weighted by Crippen LogP contribution is -2.13. The first-order valence-electron chi connectivity index (χ1n) is 7.37. The van der Waals surface area contributed by atoms with Crippen molar-refractivity contribution in [3.05, 3.63) is 40.3 Å². The third kappa shape index (κ3) is 2.56. The second-order valence-electron chi connectivity index (χ2n) is 5.91. The maximum absolute atomic E-state index is 12.8. The van der Waals surface area contributed by atoms with E-state index in [4.69, 9.17) is 23.2 Å². The summed E-state index contributed by atoms with van der Waals surface area (Å²) in [6, 6.07) is 3.16. The third-order valence-corrected chi connectivity index (χ3v) is 6.29. The van der Waals surface area contributed by atoms with Gasteiger partial charge in [-0.05, 0) is 25.0 Å². The van der Waals surface area contributed by atoms with Crippen molar-refractivity contribution in [2.45, 2.75) is 23.7 Å². The highest BCUT2D eigenvalue weighted by Gasteiger charge is 2.31. The molecule has 0 aliphatic heterocycles. The highest BCUT2D eigenvalue weighted by molar-refractivity contribution is 7.93. The minimum atomic E-state index is -3.78. The van der Waals surface area contributed by atoms with Crippen LogP contribution in [0.4, 0.5) is 5.69 Å². The second kappa shape index (κ2) is 5.40. The summed E-state index contributed by atoms with van der Waals surface area (Å²) in [5.74, 6) is 0.367. The van der Waals surface area contributed by atoms with E-state index in [-0.39, 0.29) is 4.90 Å². The molecule has 2 aromatic heterocycles. The first-order valence-corrected chi connectivity index (χ1v) is 9.61.